The van der Waals surface area contributed by atoms with Gasteiger partial charge in [-0.1, -0.05) is 38.5 Å². The second-order valence-electron chi connectivity index (χ2n) is 7.91. The fraction of sp³-hybridized carbons (Fsp3) is 0.850. The molecule has 0 aromatic rings. The van der Waals surface area contributed by atoms with E-state index in [1.165, 1.54) is 69.9 Å². The molecule has 0 unspecified atom stereocenters. The average molecular weight is 319 g/mol. The van der Waals surface area contributed by atoms with Crippen molar-refractivity contribution in [1.29, 1.82) is 0 Å². The number of hydrogen-bond acceptors (Lipinski definition) is 2. The van der Waals surface area contributed by atoms with Gasteiger partial charge in [-0.05, 0) is 56.8 Å². The van der Waals surface area contributed by atoms with Gasteiger partial charge < -0.3 is 10.6 Å². The number of allylic oxidation sites excluding steroid dienone is 1. The molecule has 3 aliphatic carbocycles. The van der Waals surface area contributed by atoms with E-state index >= 15 is 0 Å². The quantitative estimate of drug-likeness (QED) is 0.767. The Balaban J connectivity index is 1.46. The normalized spacial score (nSPS) is 24.0. The molecular weight excluding hydrogens is 284 g/mol. The van der Waals surface area contributed by atoms with Crippen molar-refractivity contribution in [3.8, 4) is 0 Å². The minimum absolute atomic E-state index is 0.208. The van der Waals surface area contributed by atoms with E-state index in [2.05, 4.69) is 10.6 Å². The lowest BCUT2D eigenvalue weighted by molar-refractivity contribution is -0.117. The van der Waals surface area contributed by atoms with Crippen LogP contribution < -0.4 is 10.6 Å². The van der Waals surface area contributed by atoms with Crippen LogP contribution in [0.4, 0.5) is 0 Å². The van der Waals surface area contributed by atoms with Crippen molar-refractivity contribution in [2.24, 2.45) is 11.8 Å². The van der Waals surface area contributed by atoms with Gasteiger partial charge in [-0.3, -0.25) is 4.79 Å². The molecule has 0 aromatic heterocycles. The van der Waals surface area contributed by atoms with Gasteiger partial charge in [-0.25, -0.2) is 0 Å². The summed E-state index contributed by atoms with van der Waals surface area (Å²) in [5, 5.41) is 6.86. The molecule has 3 nitrogen and oxygen atoms in total. The highest BCUT2D eigenvalue weighted by atomic mass is 16.1. The van der Waals surface area contributed by atoms with E-state index in [9.17, 15) is 4.79 Å². The van der Waals surface area contributed by atoms with E-state index in [0.717, 1.165) is 43.8 Å². The van der Waals surface area contributed by atoms with Crippen molar-refractivity contribution < 1.29 is 4.79 Å². The summed E-state index contributed by atoms with van der Waals surface area (Å²) in [6.45, 7) is 1.97. The molecule has 23 heavy (non-hydrogen) atoms. The van der Waals surface area contributed by atoms with Gasteiger partial charge in [0.1, 0.15) is 0 Å². The lowest BCUT2D eigenvalue weighted by Gasteiger charge is -2.23. The molecule has 3 heteroatoms. The van der Waals surface area contributed by atoms with Crippen LogP contribution in [0.5, 0.6) is 0 Å². The van der Waals surface area contributed by atoms with E-state index in [1.807, 2.05) is 0 Å². The van der Waals surface area contributed by atoms with Crippen molar-refractivity contribution in [3.63, 3.8) is 0 Å². The van der Waals surface area contributed by atoms with Crippen LogP contribution in [-0.2, 0) is 4.79 Å². The number of nitrogens with one attached hydrogen (secondary N) is 2. The van der Waals surface area contributed by atoms with Crippen LogP contribution in [0, 0.1) is 11.8 Å². The first-order valence-electron chi connectivity index (χ1n) is 10.1. The van der Waals surface area contributed by atoms with Crippen molar-refractivity contribution in [2.75, 3.05) is 13.1 Å². The molecule has 3 aliphatic rings. The molecule has 2 saturated carbocycles. The zero-order valence-corrected chi connectivity index (χ0v) is 14.7. The van der Waals surface area contributed by atoms with E-state index < -0.39 is 0 Å². The maximum atomic E-state index is 12.5. The third-order valence-electron chi connectivity index (χ3n) is 6.10. The van der Waals surface area contributed by atoms with E-state index in [1.54, 1.807) is 0 Å². The van der Waals surface area contributed by atoms with Crippen LogP contribution in [0.15, 0.2) is 11.3 Å². The van der Waals surface area contributed by atoms with Gasteiger partial charge in [-0.15, -0.1) is 0 Å². The summed E-state index contributed by atoms with van der Waals surface area (Å²) >= 11 is 0. The maximum Gasteiger partial charge on any atom is 0.248 e. The summed E-state index contributed by atoms with van der Waals surface area (Å²) in [4.78, 5) is 12.5. The molecule has 0 heterocycles. The molecule has 1 amide bonds. The minimum Gasteiger partial charge on any atom is -0.388 e. The molecule has 0 aliphatic heterocycles. The third kappa shape index (κ3) is 4.99. The second-order valence-corrected chi connectivity index (χ2v) is 7.91. The van der Waals surface area contributed by atoms with Crippen molar-refractivity contribution in [3.05, 3.63) is 11.3 Å². The van der Waals surface area contributed by atoms with E-state index in [4.69, 9.17) is 0 Å². The molecule has 0 radical (unpaired) electrons. The molecule has 0 aromatic carbocycles. The van der Waals surface area contributed by atoms with Gasteiger partial charge >= 0.3 is 0 Å². The van der Waals surface area contributed by atoms with Gasteiger partial charge in [-0.2, -0.15) is 0 Å². The Morgan fingerprint density at radius 1 is 0.783 bits per heavy atom. The predicted molar refractivity (Wildman–Crippen MR) is 95.0 cm³/mol. The molecule has 2 fully saturated rings. The Hall–Kier alpha value is -0.990. The van der Waals surface area contributed by atoms with Crippen LogP contribution in [0.3, 0.4) is 0 Å². The molecule has 130 valence electrons. The Labute approximate surface area is 141 Å². The topological polar surface area (TPSA) is 41.1 Å². The highest BCUT2D eigenvalue weighted by molar-refractivity contribution is 5.94. The molecular formula is C20H34N2O. The zero-order chi connectivity index (χ0) is 15.9. The number of amides is 1. The summed E-state index contributed by atoms with van der Waals surface area (Å²) in [5.41, 5.74) is 2.30. The Kier molecular flexibility index (Phi) is 6.41. The Bertz CT molecular complexity index is 417. The fourth-order valence-corrected chi connectivity index (χ4v) is 4.58. The highest BCUT2D eigenvalue weighted by Gasteiger charge is 2.23. The lowest BCUT2D eigenvalue weighted by Crippen LogP contribution is -2.32. The minimum atomic E-state index is 0.208. The molecule has 0 bridgehead atoms. The van der Waals surface area contributed by atoms with Crippen molar-refractivity contribution in [2.45, 2.75) is 83.5 Å². The van der Waals surface area contributed by atoms with Crippen molar-refractivity contribution >= 4 is 5.91 Å². The third-order valence-corrected chi connectivity index (χ3v) is 6.10. The van der Waals surface area contributed by atoms with Crippen LogP contribution in [-0.4, -0.2) is 19.0 Å². The lowest BCUT2D eigenvalue weighted by atomic mass is 9.89. The highest BCUT2D eigenvalue weighted by Crippen LogP contribution is 2.27. The van der Waals surface area contributed by atoms with E-state index in [0.29, 0.717) is 5.92 Å². The standard InChI is InChI=1S/C20H34N2O/c23-20(22-15-17-10-5-2-6-11-17)18-12-7-13-19(18)21-14-16-8-3-1-4-9-16/h16-17,21H,1-15H2,(H,22,23). The van der Waals surface area contributed by atoms with Gasteiger partial charge in [0.2, 0.25) is 5.91 Å². The summed E-state index contributed by atoms with van der Waals surface area (Å²) < 4.78 is 0. The maximum absolute atomic E-state index is 12.5. The molecule has 0 spiro atoms. The Morgan fingerprint density at radius 3 is 2.04 bits per heavy atom. The van der Waals surface area contributed by atoms with Crippen LogP contribution >= 0.6 is 0 Å². The first kappa shape index (κ1) is 16.9. The Morgan fingerprint density at radius 2 is 1.39 bits per heavy atom. The van der Waals surface area contributed by atoms with E-state index in [-0.39, 0.29) is 5.91 Å². The first-order chi connectivity index (χ1) is 11.3. The largest absolute Gasteiger partial charge is 0.388 e. The van der Waals surface area contributed by atoms with Gasteiger partial charge in [0, 0.05) is 24.4 Å². The summed E-state index contributed by atoms with van der Waals surface area (Å²) in [6, 6.07) is 0. The van der Waals surface area contributed by atoms with Gasteiger partial charge in [0.05, 0.1) is 0 Å². The zero-order valence-electron chi connectivity index (χ0n) is 14.7. The molecule has 2 N–H and O–H groups in total. The number of rotatable bonds is 6. The predicted octanol–water partition coefficient (Wildman–Crippen LogP) is 4.29. The summed E-state index contributed by atoms with van der Waals surface area (Å²) in [7, 11) is 0. The second kappa shape index (κ2) is 8.75. The fourth-order valence-electron chi connectivity index (χ4n) is 4.58. The van der Waals surface area contributed by atoms with Crippen LogP contribution in [0.1, 0.15) is 83.5 Å². The summed E-state index contributed by atoms with van der Waals surface area (Å²) in [6.07, 6.45) is 16.8. The van der Waals surface area contributed by atoms with Crippen LogP contribution in [0.25, 0.3) is 0 Å². The molecule has 0 saturated heterocycles. The smallest absolute Gasteiger partial charge is 0.248 e. The van der Waals surface area contributed by atoms with Gasteiger partial charge in [0.25, 0.3) is 0 Å². The number of carbonyl (C=O) groups excluding carboxylic acids is 1. The average Bonchev–Trinajstić information content (AvgIpc) is 3.08. The number of hydrogen-bond donors (Lipinski definition) is 2. The summed E-state index contributed by atoms with van der Waals surface area (Å²) in [5.74, 6) is 1.75. The van der Waals surface area contributed by atoms with Crippen molar-refractivity contribution in [1.82, 2.24) is 10.6 Å². The first-order valence-corrected chi connectivity index (χ1v) is 10.1. The molecule has 0 atom stereocenters. The number of carbonyl (C=O) groups is 1. The SMILES string of the molecule is O=C(NCC1CCCCC1)C1=C(NCC2CCCCC2)CCC1. The monoisotopic (exact) mass is 318 g/mol. The van der Waals surface area contributed by atoms with Crippen LogP contribution in [0.2, 0.25) is 0 Å². The van der Waals surface area contributed by atoms with Gasteiger partial charge in [0.15, 0.2) is 0 Å². The molecule has 3 rings (SSSR count).